The highest BCUT2D eigenvalue weighted by Crippen LogP contribution is 2.45. The van der Waals surface area contributed by atoms with Gasteiger partial charge in [0.1, 0.15) is 19.3 Å². The molecule has 0 heterocycles. The molecule has 0 aliphatic heterocycles. The molecule has 0 rings (SSSR count). The van der Waals surface area contributed by atoms with Gasteiger partial charge in [0, 0.05) is 25.7 Å². The fourth-order valence-corrected chi connectivity index (χ4v) is 13.0. The van der Waals surface area contributed by atoms with Gasteiger partial charge in [-0.25, -0.2) is 9.13 Å². The van der Waals surface area contributed by atoms with E-state index in [1.165, 1.54) is 128 Å². The molecule has 0 aromatic carbocycles. The first kappa shape index (κ1) is 102. The van der Waals surface area contributed by atoms with Crippen molar-refractivity contribution in [2.45, 2.75) is 380 Å². The standard InChI is InChI=1S/C87H152O17P2/c1-5-9-13-17-21-25-29-33-37-39-40-42-46-48-52-56-60-64-68-72-85(90)98-78-83(104-87(92)74-70-66-62-58-54-50-44-36-32-28-24-20-16-12-8-4)80-102-106(95,96)100-76-81(88)75-99-105(93,94)101-79-82(103-86(91)73-69-65-61-57-53-49-43-35-31-27-23-19-15-11-7-3)77-97-84(89)71-67-63-59-55-51-47-45-41-38-34-30-26-22-18-14-10-6-2/h9-10,13-14,21-22,25-26,33-34,37-38,40,42,45,47-48,52,81-83,88H,5-8,11-12,15-20,23-24,27-32,35-36,39,41,43-44,46,49-51,53-80H2,1-4H3,(H,93,94)(H,95,96)/b13-9-,14-10-,25-21-,26-22-,37-33-,38-34-,42-40-,47-45-,52-48-. The fraction of sp³-hybridized carbons (Fsp3) is 0.747. The zero-order valence-corrected chi connectivity index (χ0v) is 68.9. The van der Waals surface area contributed by atoms with Gasteiger partial charge in [0.15, 0.2) is 12.2 Å². The molecule has 0 aromatic rings. The third-order valence-electron chi connectivity index (χ3n) is 17.8. The molecule has 106 heavy (non-hydrogen) atoms. The van der Waals surface area contributed by atoms with E-state index >= 15 is 0 Å². The SMILES string of the molecule is CC/C=C\C/C=C\C/C=C\C/C=C\C/C=C\CCCCCC(=O)OCC(COP(=O)(O)OCC(O)COP(=O)(O)OCC(COC(=O)CCCCCC/C=C\C/C=C\C/C=C\C/C=C\CC)OC(=O)CCCCCCCCCCCCCCCCC)OC(=O)CCCCCCCCCCCCCCCCC. The number of unbranched alkanes of at least 4 members (excludes halogenated alkanes) is 35. The number of hydrogen-bond acceptors (Lipinski definition) is 15. The van der Waals surface area contributed by atoms with Gasteiger partial charge in [-0.2, -0.15) is 0 Å². The number of hydrogen-bond donors (Lipinski definition) is 3. The molecule has 0 aromatic heterocycles. The first-order valence-electron chi connectivity index (χ1n) is 42.1. The summed E-state index contributed by atoms with van der Waals surface area (Å²) in [5, 5.41) is 10.7. The Kier molecular flexibility index (Phi) is 75.6. The highest BCUT2D eigenvalue weighted by atomic mass is 31.2. The van der Waals surface area contributed by atoms with Gasteiger partial charge in [-0.15, -0.1) is 0 Å². The summed E-state index contributed by atoms with van der Waals surface area (Å²) in [5.41, 5.74) is 0. The molecule has 0 aliphatic rings. The summed E-state index contributed by atoms with van der Waals surface area (Å²) in [6.45, 7) is 4.66. The van der Waals surface area contributed by atoms with E-state index in [1.807, 2.05) is 0 Å². The lowest BCUT2D eigenvalue weighted by molar-refractivity contribution is -0.161. The van der Waals surface area contributed by atoms with Crippen molar-refractivity contribution in [2.24, 2.45) is 0 Å². The number of rotatable bonds is 79. The van der Waals surface area contributed by atoms with Crippen LogP contribution in [0.2, 0.25) is 0 Å². The van der Waals surface area contributed by atoms with Crippen LogP contribution in [-0.2, 0) is 65.4 Å². The lowest BCUT2D eigenvalue weighted by atomic mass is 10.0. The molecule has 5 atom stereocenters. The minimum Gasteiger partial charge on any atom is -0.462 e. The monoisotopic (exact) mass is 1530 g/mol. The van der Waals surface area contributed by atoms with Crippen molar-refractivity contribution < 1.29 is 80.2 Å². The van der Waals surface area contributed by atoms with Crippen LogP contribution in [0.5, 0.6) is 0 Å². The van der Waals surface area contributed by atoms with Gasteiger partial charge >= 0.3 is 39.5 Å². The molecule has 5 unspecified atom stereocenters. The molecule has 0 aliphatic carbocycles. The van der Waals surface area contributed by atoms with Gasteiger partial charge in [0.25, 0.3) is 0 Å². The van der Waals surface area contributed by atoms with E-state index in [4.69, 9.17) is 37.0 Å². The van der Waals surface area contributed by atoms with E-state index in [9.17, 15) is 43.2 Å². The van der Waals surface area contributed by atoms with Crippen molar-refractivity contribution in [3.05, 3.63) is 109 Å². The molecule has 0 saturated carbocycles. The number of aliphatic hydroxyl groups excluding tert-OH is 1. The van der Waals surface area contributed by atoms with Crippen LogP contribution >= 0.6 is 15.6 Å². The first-order chi connectivity index (χ1) is 51.7. The van der Waals surface area contributed by atoms with Crippen molar-refractivity contribution in [3.63, 3.8) is 0 Å². The van der Waals surface area contributed by atoms with Crippen LogP contribution in [-0.4, -0.2) is 96.7 Å². The fourth-order valence-electron chi connectivity index (χ4n) is 11.4. The van der Waals surface area contributed by atoms with Crippen LogP contribution in [0.1, 0.15) is 362 Å². The number of phosphoric ester groups is 2. The predicted molar refractivity (Wildman–Crippen MR) is 436 cm³/mol. The number of carbonyl (C=O) groups excluding carboxylic acids is 4. The van der Waals surface area contributed by atoms with Crippen LogP contribution in [0.25, 0.3) is 0 Å². The smallest absolute Gasteiger partial charge is 0.462 e. The minimum absolute atomic E-state index is 0.0899. The lowest BCUT2D eigenvalue weighted by Crippen LogP contribution is -2.30. The molecular weight excluding hydrogens is 1380 g/mol. The van der Waals surface area contributed by atoms with E-state index in [1.54, 1.807) is 0 Å². The van der Waals surface area contributed by atoms with Crippen LogP contribution < -0.4 is 0 Å². The molecule has 19 heteroatoms. The number of allylic oxidation sites excluding steroid dienone is 18. The molecule has 612 valence electrons. The first-order valence-corrected chi connectivity index (χ1v) is 45.1. The maximum atomic E-state index is 13.1. The van der Waals surface area contributed by atoms with Gasteiger partial charge in [0.05, 0.1) is 26.4 Å². The van der Waals surface area contributed by atoms with E-state index in [-0.39, 0.29) is 25.7 Å². The normalized spacial score (nSPS) is 14.4. The highest BCUT2D eigenvalue weighted by molar-refractivity contribution is 7.47. The highest BCUT2D eigenvalue weighted by Gasteiger charge is 2.30. The molecule has 0 fully saturated rings. The van der Waals surface area contributed by atoms with E-state index in [0.29, 0.717) is 25.7 Å². The average Bonchev–Trinajstić information content (AvgIpc) is 0.909. The summed E-state index contributed by atoms with van der Waals surface area (Å²) < 4.78 is 68.8. The molecule has 0 bridgehead atoms. The van der Waals surface area contributed by atoms with Gasteiger partial charge in [-0.05, 0) is 109 Å². The Hall–Kier alpha value is -4.28. The largest absolute Gasteiger partial charge is 0.472 e. The second kappa shape index (κ2) is 78.8. The van der Waals surface area contributed by atoms with Crippen LogP contribution in [0.3, 0.4) is 0 Å². The predicted octanol–water partition coefficient (Wildman–Crippen LogP) is 24.9. The number of carbonyl (C=O) groups is 4. The van der Waals surface area contributed by atoms with E-state index in [0.717, 1.165) is 154 Å². The third-order valence-corrected chi connectivity index (χ3v) is 19.7. The Balaban J connectivity index is 5.39. The zero-order chi connectivity index (χ0) is 77.4. The summed E-state index contributed by atoms with van der Waals surface area (Å²) in [5.74, 6) is -2.21. The van der Waals surface area contributed by atoms with Crippen molar-refractivity contribution in [3.8, 4) is 0 Å². The van der Waals surface area contributed by atoms with Crippen molar-refractivity contribution >= 4 is 39.5 Å². The summed E-state index contributed by atoms with van der Waals surface area (Å²) in [7, 11) is -9.97. The molecule has 0 amide bonds. The number of aliphatic hydroxyl groups is 1. The topological polar surface area (TPSA) is 237 Å². The van der Waals surface area contributed by atoms with Crippen LogP contribution in [0, 0.1) is 0 Å². The van der Waals surface area contributed by atoms with Crippen LogP contribution in [0.4, 0.5) is 0 Å². The maximum absolute atomic E-state index is 13.1. The summed E-state index contributed by atoms with van der Waals surface area (Å²) in [4.78, 5) is 73.2. The van der Waals surface area contributed by atoms with Crippen molar-refractivity contribution in [1.29, 1.82) is 0 Å². The van der Waals surface area contributed by atoms with Crippen LogP contribution in [0.15, 0.2) is 109 Å². The summed E-state index contributed by atoms with van der Waals surface area (Å²) in [6, 6.07) is 0. The molecular formula is C87H152O17P2. The second-order valence-corrected chi connectivity index (χ2v) is 30.9. The molecule has 17 nitrogen and oxygen atoms in total. The molecule has 0 saturated heterocycles. The Bertz CT molecular complexity index is 2430. The van der Waals surface area contributed by atoms with E-state index in [2.05, 4.69) is 137 Å². The van der Waals surface area contributed by atoms with E-state index < -0.39 is 97.5 Å². The number of phosphoric acid groups is 2. The number of ether oxygens (including phenoxy) is 4. The quantitative estimate of drug-likeness (QED) is 0.0169. The van der Waals surface area contributed by atoms with Gasteiger partial charge < -0.3 is 33.8 Å². The Morgan fingerprint density at radius 3 is 0.764 bits per heavy atom. The Labute approximate surface area is 645 Å². The van der Waals surface area contributed by atoms with Gasteiger partial charge in [0.2, 0.25) is 0 Å². The lowest BCUT2D eigenvalue weighted by Gasteiger charge is -2.21. The van der Waals surface area contributed by atoms with Crippen molar-refractivity contribution in [2.75, 3.05) is 39.6 Å². The summed E-state index contributed by atoms with van der Waals surface area (Å²) in [6.07, 6.45) is 86.2. The van der Waals surface area contributed by atoms with Crippen molar-refractivity contribution in [1.82, 2.24) is 0 Å². The summed E-state index contributed by atoms with van der Waals surface area (Å²) >= 11 is 0. The number of esters is 4. The average molecular weight is 1530 g/mol. The Morgan fingerprint density at radius 1 is 0.274 bits per heavy atom. The van der Waals surface area contributed by atoms with Gasteiger partial charge in [-0.1, -0.05) is 336 Å². The second-order valence-electron chi connectivity index (χ2n) is 28.0. The zero-order valence-electron chi connectivity index (χ0n) is 67.1. The maximum Gasteiger partial charge on any atom is 0.472 e. The molecule has 0 spiro atoms. The minimum atomic E-state index is -4.99. The molecule has 0 radical (unpaired) electrons. The van der Waals surface area contributed by atoms with Gasteiger partial charge in [-0.3, -0.25) is 37.3 Å². The third kappa shape index (κ3) is 77.9. The Morgan fingerprint density at radius 2 is 0.491 bits per heavy atom. The molecule has 3 N–H and O–H groups in total.